The van der Waals surface area contributed by atoms with E-state index in [-0.39, 0.29) is 11.7 Å². The summed E-state index contributed by atoms with van der Waals surface area (Å²) >= 11 is 0. The maximum Gasteiger partial charge on any atom is 0.378 e. The second-order valence-electron chi connectivity index (χ2n) is 7.24. The fourth-order valence-electron chi connectivity index (χ4n) is 4.29. The molecule has 2 aromatic carbocycles. The standard InChI is InChI=1S/C22H21FO4/c23-18-12-8-15(9-13-18)14-6-10-17(11-7-14)22(16-4-2-1-3-5-16)20(25)19(24)21(26)27-22/h6-13,16,24-25H,1-5H2. The van der Waals surface area contributed by atoms with Crippen molar-refractivity contribution in [1.29, 1.82) is 0 Å². The van der Waals surface area contributed by atoms with Gasteiger partial charge in [0, 0.05) is 11.5 Å². The number of aliphatic hydroxyl groups excluding tert-OH is 2. The van der Waals surface area contributed by atoms with Crippen LogP contribution in [0.15, 0.2) is 60.0 Å². The summed E-state index contributed by atoms with van der Waals surface area (Å²) in [5.41, 5.74) is 1.05. The van der Waals surface area contributed by atoms with Gasteiger partial charge in [-0.1, -0.05) is 55.7 Å². The van der Waals surface area contributed by atoms with Crippen LogP contribution in [0.4, 0.5) is 4.39 Å². The fraction of sp³-hybridized carbons (Fsp3) is 0.318. The van der Waals surface area contributed by atoms with E-state index in [2.05, 4.69) is 0 Å². The molecule has 2 N–H and O–H groups in total. The largest absolute Gasteiger partial charge is 0.505 e. The van der Waals surface area contributed by atoms with Gasteiger partial charge in [0.15, 0.2) is 5.76 Å². The summed E-state index contributed by atoms with van der Waals surface area (Å²) in [5, 5.41) is 20.6. The molecule has 2 aromatic rings. The summed E-state index contributed by atoms with van der Waals surface area (Å²) in [5.74, 6) is -2.37. The Kier molecular flexibility index (Phi) is 4.38. The highest BCUT2D eigenvalue weighted by molar-refractivity contribution is 5.90. The van der Waals surface area contributed by atoms with Crippen LogP contribution >= 0.6 is 0 Å². The first-order valence-electron chi connectivity index (χ1n) is 9.25. The maximum absolute atomic E-state index is 13.1. The number of hydrogen-bond acceptors (Lipinski definition) is 4. The summed E-state index contributed by atoms with van der Waals surface area (Å²) in [6.45, 7) is 0. The molecule has 0 radical (unpaired) electrons. The van der Waals surface area contributed by atoms with Crippen LogP contribution in [-0.2, 0) is 15.1 Å². The van der Waals surface area contributed by atoms with Crippen LogP contribution in [-0.4, -0.2) is 16.2 Å². The van der Waals surface area contributed by atoms with Crippen molar-refractivity contribution in [2.24, 2.45) is 5.92 Å². The van der Waals surface area contributed by atoms with E-state index in [1.54, 1.807) is 24.3 Å². The van der Waals surface area contributed by atoms with E-state index in [0.717, 1.165) is 43.2 Å². The molecule has 4 nitrogen and oxygen atoms in total. The highest BCUT2D eigenvalue weighted by Crippen LogP contribution is 2.50. The van der Waals surface area contributed by atoms with E-state index in [4.69, 9.17) is 4.74 Å². The first-order valence-corrected chi connectivity index (χ1v) is 9.25. The third kappa shape index (κ3) is 2.87. The second kappa shape index (κ2) is 6.72. The van der Waals surface area contributed by atoms with E-state index in [9.17, 15) is 19.4 Å². The van der Waals surface area contributed by atoms with Crippen LogP contribution in [0, 0.1) is 11.7 Å². The summed E-state index contributed by atoms with van der Waals surface area (Å²) in [6, 6.07) is 13.5. The molecule has 1 aliphatic heterocycles. The Labute approximate surface area is 156 Å². The molecule has 1 unspecified atom stereocenters. The molecular weight excluding hydrogens is 347 g/mol. The lowest BCUT2D eigenvalue weighted by atomic mass is 9.72. The molecule has 1 saturated carbocycles. The number of aliphatic hydroxyl groups is 2. The van der Waals surface area contributed by atoms with E-state index in [0.29, 0.717) is 5.56 Å². The molecule has 1 aliphatic carbocycles. The topological polar surface area (TPSA) is 66.8 Å². The number of carbonyl (C=O) groups is 1. The number of esters is 1. The molecule has 140 valence electrons. The minimum absolute atomic E-state index is 0.0866. The molecule has 5 heteroatoms. The normalized spacial score (nSPS) is 23.5. The Morgan fingerprint density at radius 1 is 0.889 bits per heavy atom. The Hall–Kier alpha value is -2.82. The van der Waals surface area contributed by atoms with Gasteiger partial charge >= 0.3 is 5.97 Å². The average Bonchev–Trinajstić information content (AvgIpc) is 2.94. The predicted octanol–water partition coefficient (Wildman–Crippen LogP) is 5.15. The van der Waals surface area contributed by atoms with E-state index >= 15 is 0 Å². The summed E-state index contributed by atoms with van der Waals surface area (Å²) in [7, 11) is 0. The van der Waals surface area contributed by atoms with Crippen molar-refractivity contribution in [3.8, 4) is 11.1 Å². The second-order valence-corrected chi connectivity index (χ2v) is 7.24. The zero-order valence-corrected chi connectivity index (χ0v) is 14.8. The fourth-order valence-corrected chi connectivity index (χ4v) is 4.29. The molecule has 0 aromatic heterocycles. The number of rotatable bonds is 3. The van der Waals surface area contributed by atoms with Crippen LogP contribution in [0.25, 0.3) is 11.1 Å². The van der Waals surface area contributed by atoms with Crippen LogP contribution < -0.4 is 0 Å². The van der Waals surface area contributed by atoms with E-state index < -0.39 is 23.1 Å². The molecule has 0 amide bonds. The third-order valence-electron chi connectivity index (χ3n) is 5.69. The molecular formula is C22H21FO4. The van der Waals surface area contributed by atoms with E-state index in [1.807, 2.05) is 12.1 Å². The van der Waals surface area contributed by atoms with Crippen LogP contribution in [0.1, 0.15) is 37.7 Å². The zero-order valence-electron chi connectivity index (χ0n) is 14.8. The summed E-state index contributed by atoms with van der Waals surface area (Å²) in [6.07, 6.45) is 4.71. The monoisotopic (exact) mass is 368 g/mol. The Morgan fingerprint density at radius 2 is 1.44 bits per heavy atom. The lowest BCUT2D eigenvalue weighted by Crippen LogP contribution is -2.39. The van der Waals surface area contributed by atoms with Crippen molar-refractivity contribution in [1.82, 2.24) is 0 Å². The molecule has 0 saturated heterocycles. The number of hydrogen-bond donors (Lipinski definition) is 2. The predicted molar refractivity (Wildman–Crippen MR) is 98.5 cm³/mol. The number of ether oxygens (including phenoxy) is 1. The molecule has 27 heavy (non-hydrogen) atoms. The van der Waals surface area contributed by atoms with Crippen molar-refractivity contribution >= 4 is 5.97 Å². The minimum atomic E-state index is -1.33. The minimum Gasteiger partial charge on any atom is -0.505 e. The number of halogens is 1. The Balaban J connectivity index is 1.75. The lowest BCUT2D eigenvalue weighted by molar-refractivity contribution is -0.157. The Bertz CT molecular complexity index is 880. The first kappa shape index (κ1) is 17.6. The van der Waals surface area contributed by atoms with Crippen molar-refractivity contribution in [3.63, 3.8) is 0 Å². The lowest BCUT2D eigenvalue weighted by Gasteiger charge is -2.38. The Morgan fingerprint density at radius 3 is 1.96 bits per heavy atom. The smallest absolute Gasteiger partial charge is 0.378 e. The van der Waals surface area contributed by atoms with Gasteiger partial charge < -0.3 is 14.9 Å². The van der Waals surface area contributed by atoms with Gasteiger partial charge in [0.2, 0.25) is 11.4 Å². The molecule has 1 fully saturated rings. The van der Waals surface area contributed by atoms with Crippen LogP contribution in [0.5, 0.6) is 0 Å². The van der Waals surface area contributed by atoms with Crippen molar-refractivity contribution < 1.29 is 24.1 Å². The molecule has 2 aliphatic rings. The summed E-state index contributed by atoms with van der Waals surface area (Å²) < 4.78 is 18.7. The van der Waals surface area contributed by atoms with Crippen LogP contribution in [0.3, 0.4) is 0 Å². The third-order valence-corrected chi connectivity index (χ3v) is 5.69. The SMILES string of the molecule is O=C1OC(c2ccc(-c3ccc(F)cc3)cc2)(C2CCCCC2)C(O)=C1O. The van der Waals surface area contributed by atoms with Gasteiger partial charge in [-0.2, -0.15) is 0 Å². The highest BCUT2D eigenvalue weighted by atomic mass is 19.1. The first-order chi connectivity index (χ1) is 13.0. The van der Waals surface area contributed by atoms with Crippen molar-refractivity contribution in [2.75, 3.05) is 0 Å². The summed E-state index contributed by atoms with van der Waals surface area (Å²) in [4.78, 5) is 12.0. The molecule has 0 bridgehead atoms. The van der Waals surface area contributed by atoms with Gasteiger partial charge in [-0.15, -0.1) is 0 Å². The highest BCUT2D eigenvalue weighted by Gasteiger charge is 2.55. The molecule has 1 atom stereocenters. The number of cyclic esters (lactones) is 1. The van der Waals surface area contributed by atoms with Crippen LogP contribution in [0.2, 0.25) is 0 Å². The quantitative estimate of drug-likeness (QED) is 0.735. The molecule has 1 heterocycles. The van der Waals surface area contributed by atoms with E-state index in [1.165, 1.54) is 12.1 Å². The average molecular weight is 368 g/mol. The van der Waals surface area contributed by atoms with Gasteiger partial charge in [0.1, 0.15) is 5.82 Å². The maximum atomic E-state index is 13.1. The zero-order chi connectivity index (χ0) is 19.0. The van der Waals surface area contributed by atoms with Gasteiger partial charge in [-0.25, -0.2) is 9.18 Å². The van der Waals surface area contributed by atoms with Gasteiger partial charge in [0.05, 0.1) is 0 Å². The number of benzene rings is 2. The van der Waals surface area contributed by atoms with Crippen molar-refractivity contribution in [3.05, 3.63) is 71.4 Å². The van der Waals surface area contributed by atoms with Gasteiger partial charge in [-0.05, 0) is 36.1 Å². The van der Waals surface area contributed by atoms with Crippen molar-refractivity contribution in [2.45, 2.75) is 37.7 Å². The van der Waals surface area contributed by atoms with Gasteiger partial charge in [0.25, 0.3) is 0 Å². The number of carbonyl (C=O) groups excluding carboxylic acids is 1. The molecule has 4 rings (SSSR count). The molecule has 0 spiro atoms. The van der Waals surface area contributed by atoms with Gasteiger partial charge in [-0.3, -0.25) is 0 Å².